The zero-order valence-electron chi connectivity index (χ0n) is 10.8. The Labute approximate surface area is 124 Å². The first kappa shape index (κ1) is 15.0. The van der Waals surface area contributed by atoms with Crippen molar-refractivity contribution in [2.45, 2.75) is 19.3 Å². The van der Waals surface area contributed by atoms with Crippen LogP contribution in [0.3, 0.4) is 0 Å². The van der Waals surface area contributed by atoms with Crippen molar-refractivity contribution in [3.8, 4) is 0 Å². The van der Waals surface area contributed by atoms with E-state index in [-0.39, 0.29) is 28.3 Å². The monoisotopic (exact) mass is 343 g/mol. The molecule has 1 N–H and O–H groups in total. The highest BCUT2D eigenvalue weighted by Crippen LogP contribution is 2.25. The number of rotatable bonds is 4. The number of likely N-dealkylation sites (tertiary alicyclic amines) is 1. The number of benzene rings is 1. The van der Waals surface area contributed by atoms with Crippen molar-refractivity contribution in [1.29, 1.82) is 0 Å². The number of carboxylic acid groups (broad SMARTS) is 1. The van der Waals surface area contributed by atoms with Crippen molar-refractivity contribution in [2.24, 2.45) is 5.92 Å². The fourth-order valence-electron chi connectivity index (χ4n) is 2.42. The molecule has 1 unspecified atom stereocenters. The standard InChI is InChI=1S/C14H15BrFNO3/c15-11-3-1-2-10(13(11)16)14(20)17-7-6-9(8-17)4-5-12(18)19/h1-3,9H,4-8H2,(H,18,19). The molecule has 1 aliphatic rings. The van der Waals surface area contributed by atoms with Crippen molar-refractivity contribution in [3.63, 3.8) is 0 Å². The number of carbonyl (C=O) groups excluding carboxylic acids is 1. The van der Waals surface area contributed by atoms with Crippen LogP contribution in [0, 0.1) is 11.7 Å². The second-order valence-corrected chi connectivity index (χ2v) is 5.79. The first-order valence-electron chi connectivity index (χ1n) is 6.44. The summed E-state index contributed by atoms with van der Waals surface area (Å²) in [6.45, 7) is 1.05. The molecule has 0 aliphatic carbocycles. The van der Waals surface area contributed by atoms with Crippen LogP contribution < -0.4 is 0 Å². The molecular formula is C14H15BrFNO3. The van der Waals surface area contributed by atoms with E-state index in [0.29, 0.717) is 19.5 Å². The molecule has 2 rings (SSSR count). The fraction of sp³-hybridized carbons (Fsp3) is 0.429. The van der Waals surface area contributed by atoms with Crippen LogP contribution in [0.15, 0.2) is 22.7 Å². The minimum atomic E-state index is -0.826. The Morgan fingerprint density at radius 1 is 1.45 bits per heavy atom. The Morgan fingerprint density at radius 3 is 2.90 bits per heavy atom. The molecule has 1 aromatic rings. The van der Waals surface area contributed by atoms with Gasteiger partial charge in [0.25, 0.3) is 5.91 Å². The van der Waals surface area contributed by atoms with Gasteiger partial charge in [0.05, 0.1) is 10.0 Å². The van der Waals surface area contributed by atoms with Gasteiger partial charge in [0.15, 0.2) is 0 Å². The summed E-state index contributed by atoms with van der Waals surface area (Å²) < 4.78 is 14.2. The van der Waals surface area contributed by atoms with Gasteiger partial charge >= 0.3 is 5.97 Å². The van der Waals surface area contributed by atoms with Crippen LogP contribution in [0.25, 0.3) is 0 Å². The van der Waals surface area contributed by atoms with Gasteiger partial charge in [-0.2, -0.15) is 0 Å². The lowest BCUT2D eigenvalue weighted by molar-refractivity contribution is -0.137. The molecule has 20 heavy (non-hydrogen) atoms. The zero-order valence-corrected chi connectivity index (χ0v) is 12.4. The van der Waals surface area contributed by atoms with Gasteiger partial charge in [-0.05, 0) is 46.8 Å². The smallest absolute Gasteiger partial charge is 0.303 e. The Hall–Kier alpha value is -1.43. The van der Waals surface area contributed by atoms with Crippen molar-refractivity contribution < 1.29 is 19.1 Å². The van der Waals surface area contributed by atoms with Gasteiger partial charge in [0.2, 0.25) is 0 Å². The fourth-order valence-corrected chi connectivity index (χ4v) is 2.79. The maximum atomic E-state index is 13.9. The minimum absolute atomic E-state index is 0.0539. The average molecular weight is 344 g/mol. The predicted octanol–water partition coefficient (Wildman–Crippen LogP) is 2.92. The number of hydrogen-bond acceptors (Lipinski definition) is 2. The second-order valence-electron chi connectivity index (χ2n) is 4.94. The molecular weight excluding hydrogens is 329 g/mol. The third-order valence-electron chi connectivity index (χ3n) is 3.52. The van der Waals surface area contributed by atoms with Crippen molar-refractivity contribution in [3.05, 3.63) is 34.1 Å². The third kappa shape index (κ3) is 3.36. The Bertz CT molecular complexity index is 535. The maximum absolute atomic E-state index is 13.9. The van der Waals surface area contributed by atoms with Gasteiger partial charge in [-0.1, -0.05) is 6.07 Å². The van der Waals surface area contributed by atoms with E-state index in [0.717, 1.165) is 6.42 Å². The average Bonchev–Trinajstić information content (AvgIpc) is 2.87. The first-order valence-corrected chi connectivity index (χ1v) is 7.23. The highest BCUT2D eigenvalue weighted by Gasteiger charge is 2.28. The number of carbonyl (C=O) groups is 2. The van der Waals surface area contributed by atoms with Crippen molar-refractivity contribution in [1.82, 2.24) is 4.90 Å². The molecule has 0 radical (unpaired) electrons. The third-order valence-corrected chi connectivity index (χ3v) is 4.13. The SMILES string of the molecule is O=C(O)CCC1CCN(C(=O)c2cccc(Br)c2F)C1. The van der Waals surface area contributed by atoms with E-state index in [1.807, 2.05) is 0 Å². The van der Waals surface area contributed by atoms with Crippen molar-refractivity contribution in [2.75, 3.05) is 13.1 Å². The van der Waals surface area contributed by atoms with Gasteiger partial charge in [-0.3, -0.25) is 9.59 Å². The van der Waals surface area contributed by atoms with Crippen LogP contribution in [0.1, 0.15) is 29.6 Å². The van der Waals surface area contributed by atoms with Crippen LogP contribution in [0.2, 0.25) is 0 Å². The van der Waals surface area contributed by atoms with Crippen molar-refractivity contribution >= 4 is 27.8 Å². The second kappa shape index (κ2) is 6.35. The number of amides is 1. The van der Waals surface area contributed by atoms with Crippen LogP contribution >= 0.6 is 15.9 Å². The number of hydrogen-bond donors (Lipinski definition) is 1. The molecule has 1 saturated heterocycles. The summed E-state index contributed by atoms with van der Waals surface area (Å²) in [7, 11) is 0. The molecule has 0 bridgehead atoms. The van der Waals surface area contributed by atoms with Crippen LogP contribution in [-0.2, 0) is 4.79 Å². The summed E-state index contributed by atoms with van der Waals surface area (Å²) >= 11 is 3.06. The number of nitrogens with zero attached hydrogens (tertiary/aromatic N) is 1. The molecule has 4 nitrogen and oxygen atoms in total. The summed E-state index contributed by atoms with van der Waals surface area (Å²) in [5.74, 6) is -1.52. The normalized spacial score (nSPS) is 18.3. The predicted molar refractivity (Wildman–Crippen MR) is 75.0 cm³/mol. The summed E-state index contributed by atoms with van der Waals surface area (Å²) in [6, 6.07) is 4.64. The molecule has 1 aromatic carbocycles. The first-order chi connectivity index (χ1) is 9.49. The lowest BCUT2D eigenvalue weighted by Gasteiger charge is -2.17. The summed E-state index contributed by atoms with van der Waals surface area (Å²) in [5, 5.41) is 8.66. The molecule has 1 amide bonds. The Morgan fingerprint density at radius 2 is 2.20 bits per heavy atom. The van der Waals surface area contributed by atoms with E-state index >= 15 is 0 Å². The van der Waals surface area contributed by atoms with E-state index in [9.17, 15) is 14.0 Å². The molecule has 0 aromatic heterocycles. The van der Waals surface area contributed by atoms with Gasteiger partial charge in [0.1, 0.15) is 5.82 Å². The molecule has 1 heterocycles. The van der Waals surface area contributed by atoms with Crippen LogP contribution in [-0.4, -0.2) is 35.0 Å². The topological polar surface area (TPSA) is 57.6 Å². The highest BCUT2D eigenvalue weighted by atomic mass is 79.9. The zero-order chi connectivity index (χ0) is 14.7. The molecule has 1 fully saturated rings. The lowest BCUT2D eigenvalue weighted by atomic mass is 10.0. The highest BCUT2D eigenvalue weighted by molar-refractivity contribution is 9.10. The number of halogens is 2. The Balaban J connectivity index is 2.01. The number of carboxylic acids is 1. The minimum Gasteiger partial charge on any atom is -0.481 e. The molecule has 108 valence electrons. The molecule has 0 saturated carbocycles. The van der Waals surface area contributed by atoms with Gasteiger partial charge in [0, 0.05) is 19.5 Å². The van der Waals surface area contributed by atoms with E-state index in [2.05, 4.69) is 15.9 Å². The van der Waals surface area contributed by atoms with Gasteiger partial charge in [-0.15, -0.1) is 0 Å². The number of aliphatic carboxylic acids is 1. The summed E-state index contributed by atoms with van der Waals surface area (Å²) in [5.41, 5.74) is 0.0539. The van der Waals surface area contributed by atoms with Gasteiger partial charge < -0.3 is 10.0 Å². The van der Waals surface area contributed by atoms with Crippen LogP contribution in [0.5, 0.6) is 0 Å². The van der Waals surface area contributed by atoms with E-state index in [4.69, 9.17) is 5.11 Å². The maximum Gasteiger partial charge on any atom is 0.303 e. The molecule has 0 spiro atoms. The van der Waals surface area contributed by atoms with E-state index in [1.165, 1.54) is 6.07 Å². The van der Waals surface area contributed by atoms with E-state index < -0.39 is 11.8 Å². The van der Waals surface area contributed by atoms with E-state index in [1.54, 1.807) is 17.0 Å². The summed E-state index contributed by atoms with van der Waals surface area (Å²) in [4.78, 5) is 24.4. The molecule has 6 heteroatoms. The lowest BCUT2D eigenvalue weighted by Crippen LogP contribution is -2.29. The van der Waals surface area contributed by atoms with Gasteiger partial charge in [-0.25, -0.2) is 4.39 Å². The quantitative estimate of drug-likeness (QED) is 0.914. The molecule has 1 aliphatic heterocycles. The Kier molecular flexibility index (Phi) is 4.75. The van der Waals surface area contributed by atoms with Crippen LogP contribution in [0.4, 0.5) is 4.39 Å². The summed E-state index contributed by atoms with van der Waals surface area (Å²) in [6.07, 6.45) is 1.44. The molecule has 1 atom stereocenters. The largest absolute Gasteiger partial charge is 0.481 e.